The summed E-state index contributed by atoms with van der Waals surface area (Å²) in [5.74, 6) is 2.00. The van der Waals surface area contributed by atoms with Crippen LogP contribution in [0.3, 0.4) is 0 Å². The molecule has 0 aliphatic heterocycles. The van der Waals surface area contributed by atoms with E-state index in [0.717, 1.165) is 79.5 Å². The van der Waals surface area contributed by atoms with Gasteiger partial charge in [-0.25, -0.2) is 15.0 Å². The van der Waals surface area contributed by atoms with E-state index in [2.05, 4.69) is 205 Å². The average Bonchev–Trinajstić information content (AvgIpc) is 3.75. The highest BCUT2D eigenvalue weighted by Crippen LogP contribution is 2.55. The quantitative estimate of drug-likeness (QED) is 0.145. The predicted octanol–water partition coefficient (Wildman–Crippen LogP) is 15.8. The van der Waals surface area contributed by atoms with Crippen LogP contribution < -0.4 is 0 Å². The molecule has 0 atom stereocenters. The molecule has 0 spiro atoms. The molecule has 0 fully saturated rings. The Labute approximate surface area is 390 Å². The van der Waals surface area contributed by atoms with Crippen LogP contribution in [0.4, 0.5) is 0 Å². The molecule has 314 valence electrons. The summed E-state index contributed by atoms with van der Waals surface area (Å²) in [7, 11) is 0. The fraction of sp³-hybridized carbons (Fsp3) is 0.0317. The Morgan fingerprint density at radius 2 is 0.746 bits per heavy atom. The predicted molar refractivity (Wildman–Crippen MR) is 276 cm³/mol. The SMILES string of the molecule is c1ccc2c3ccccc3n(-c3c(C4=CC=C(c5nc(-c6ccccc6)nc(-c6ccccc6)n5)CC4)c(-c4ccccc4)c(-c4ccccc4)c(-c4ccccc4)c3-c3ccccc3)c2c#1. The number of hydrogen-bond acceptors (Lipinski definition) is 3. The average molecular weight is 855 g/mol. The van der Waals surface area contributed by atoms with E-state index in [4.69, 9.17) is 15.0 Å². The van der Waals surface area contributed by atoms with Crippen molar-refractivity contribution in [1.29, 1.82) is 0 Å². The minimum absolute atomic E-state index is 0.657. The number of benzene rings is 8. The molecule has 0 bridgehead atoms. The van der Waals surface area contributed by atoms with Gasteiger partial charge in [0, 0.05) is 38.6 Å². The van der Waals surface area contributed by atoms with Gasteiger partial charge in [-0.05, 0) is 81.6 Å². The Morgan fingerprint density at radius 3 is 1.25 bits per heavy atom. The number of rotatable bonds is 9. The van der Waals surface area contributed by atoms with Gasteiger partial charge in [-0.15, -0.1) is 0 Å². The van der Waals surface area contributed by atoms with E-state index in [-0.39, 0.29) is 0 Å². The van der Waals surface area contributed by atoms with Gasteiger partial charge >= 0.3 is 0 Å². The minimum atomic E-state index is 0.657. The van der Waals surface area contributed by atoms with E-state index in [1.54, 1.807) is 0 Å². The molecule has 0 unspecified atom stereocenters. The molecule has 0 radical (unpaired) electrons. The van der Waals surface area contributed by atoms with Crippen LogP contribution >= 0.6 is 0 Å². The molecule has 11 aromatic rings. The van der Waals surface area contributed by atoms with Crippen molar-refractivity contribution in [2.24, 2.45) is 0 Å². The zero-order valence-corrected chi connectivity index (χ0v) is 36.6. The van der Waals surface area contributed by atoms with Crippen LogP contribution in [-0.4, -0.2) is 19.5 Å². The molecule has 0 saturated heterocycles. The molecule has 12 rings (SSSR count). The van der Waals surface area contributed by atoms with Gasteiger partial charge in [0.05, 0.1) is 11.2 Å². The number of allylic oxidation sites excluding steroid dienone is 4. The Hall–Kier alpha value is -8.91. The Morgan fingerprint density at radius 1 is 0.343 bits per heavy atom. The van der Waals surface area contributed by atoms with Crippen LogP contribution in [0, 0.1) is 12.1 Å². The highest BCUT2D eigenvalue weighted by Gasteiger charge is 2.32. The van der Waals surface area contributed by atoms with Crippen molar-refractivity contribution in [1.82, 2.24) is 19.5 Å². The molecule has 2 aromatic heterocycles. The van der Waals surface area contributed by atoms with Crippen molar-refractivity contribution in [3.63, 3.8) is 0 Å². The second-order valence-electron chi connectivity index (χ2n) is 16.8. The smallest absolute Gasteiger partial charge is 0.164 e. The largest absolute Gasteiger partial charge is 0.301 e. The monoisotopic (exact) mass is 854 g/mol. The lowest BCUT2D eigenvalue weighted by atomic mass is 9.76. The second kappa shape index (κ2) is 17.2. The zero-order valence-electron chi connectivity index (χ0n) is 36.6. The maximum absolute atomic E-state index is 5.16. The van der Waals surface area contributed by atoms with Crippen LogP contribution in [0.5, 0.6) is 0 Å². The Balaban J connectivity index is 1.23. The molecular weight excluding hydrogens is 813 g/mol. The van der Waals surface area contributed by atoms with E-state index < -0.39 is 0 Å². The summed E-state index contributed by atoms with van der Waals surface area (Å²) in [6.07, 6.45) is 6.04. The first-order valence-electron chi connectivity index (χ1n) is 22.8. The standard InChI is InChI=1S/C63H42N4/c1-7-23-43(24-8-1)55-56(44-25-9-2-10-26-44)58(46-29-13-4-14-30-46)60(67-53-37-21-19-35-51(53)52-36-20-22-38-54(52)67)59(57(55)45-27-11-3-12-28-45)47-39-41-50(42-40-47)63-65-61(48-31-15-5-16-32-48)64-62(66-63)49-33-17-6-18-34-49/h1-21,23-37,39,41H,40,42H2. The first-order chi connectivity index (χ1) is 33.3. The van der Waals surface area contributed by atoms with Crippen molar-refractivity contribution in [2.75, 3.05) is 0 Å². The van der Waals surface area contributed by atoms with E-state index in [1.807, 2.05) is 42.5 Å². The van der Waals surface area contributed by atoms with Crippen LogP contribution in [0.1, 0.15) is 24.2 Å². The number of hydrogen-bond donors (Lipinski definition) is 0. The molecule has 67 heavy (non-hydrogen) atoms. The summed E-state index contributed by atoms with van der Waals surface area (Å²) in [5, 5.41) is 2.30. The molecule has 4 heteroatoms. The molecule has 1 aliphatic rings. The van der Waals surface area contributed by atoms with Crippen LogP contribution in [0.25, 0.3) is 106 Å². The first-order valence-corrected chi connectivity index (χ1v) is 22.8. The lowest BCUT2D eigenvalue weighted by molar-refractivity contribution is 0.983. The highest BCUT2D eigenvalue weighted by molar-refractivity contribution is 6.14. The van der Waals surface area contributed by atoms with Gasteiger partial charge in [-0.3, -0.25) is 0 Å². The van der Waals surface area contributed by atoms with Gasteiger partial charge in [-0.2, -0.15) is 0 Å². The van der Waals surface area contributed by atoms with Crippen molar-refractivity contribution < 1.29 is 0 Å². The van der Waals surface area contributed by atoms with Crippen LogP contribution in [0.15, 0.2) is 231 Å². The molecule has 0 N–H and O–H groups in total. The van der Waals surface area contributed by atoms with Gasteiger partial charge in [0.2, 0.25) is 0 Å². The number of aromatic nitrogens is 4. The van der Waals surface area contributed by atoms with Gasteiger partial charge in [-0.1, -0.05) is 218 Å². The molecule has 0 saturated carbocycles. The number of fused-ring (bicyclic) bond motifs is 3. The summed E-state index contributed by atoms with van der Waals surface area (Å²) in [6, 6.07) is 84.1. The summed E-state index contributed by atoms with van der Waals surface area (Å²) in [5.41, 5.74) is 17.8. The van der Waals surface area contributed by atoms with Crippen molar-refractivity contribution in [3.05, 3.63) is 254 Å². The van der Waals surface area contributed by atoms with Crippen molar-refractivity contribution in [2.45, 2.75) is 12.8 Å². The van der Waals surface area contributed by atoms with Crippen LogP contribution in [-0.2, 0) is 0 Å². The van der Waals surface area contributed by atoms with Gasteiger partial charge in [0.15, 0.2) is 17.5 Å². The zero-order chi connectivity index (χ0) is 44.5. The van der Waals surface area contributed by atoms with Crippen LogP contribution in [0.2, 0.25) is 0 Å². The molecule has 1 aliphatic carbocycles. The highest BCUT2D eigenvalue weighted by atomic mass is 15.0. The minimum Gasteiger partial charge on any atom is -0.301 e. The van der Waals surface area contributed by atoms with E-state index >= 15 is 0 Å². The van der Waals surface area contributed by atoms with E-state index in [1.165, 1.54) is 33.2 Å². The molecule has 9 aromatic carbocycles. The summed E-state index contributed by atoms with van der Waals surface area (Å²) < 4.78 is 2.47. The normalized spacial score (nSPS) is 12.4. The molecule has 4 nitrogen and oxygen atoms in total. The Bertz CT molecular complexity index is 3520. The van der Waals surface area contributed by atoms with E-state index in [9.17, 15) is 0 Å². The van der Waals surface area contributed by atoms with Crippen molar-refractivity contribution in [3.8, 4) is 73.0 Å². The van der Waals surface area contributed by atoms with Gasteiger partial charge < -0.3 is 4.57 Å². The number of nitrogens with zero attached hydrogens (tertiary/aromatic N) is 4. The second-order valence-corrected chi connectivity index (χ2v) is 16.8. The lowest BCUT2D eigenvalue weighted by Crippen LogP contribution is -2.10. The van der Waals surface area contributed by atoms with E-state index in [0.29, 0.717) is 17.5 Å². The molecular formula is C63H42N4. The third kappa shape index (κ3) is 7.20. The summed E-state index contributed by atoms with van der Waals surface area (Å²) >= 11 is 0. The number of para-hydroxylation sites is 1. The fourth-order valence-corrected chi connectivity index (χ4v) is 9.85. The molecule has 0 amide bonds. The van der Waals surface area contributed by atoms with Gasteiger partial charge in [0.1, 0.15) is 5.52 Å². The molecule has 2 heterocycles. The lowest BCUT2D eigenvalue weighted by Gasteiger charge is -2.30. The third-order valence-corrected chi connectivity index (χ3v) is 12.8. The summed E-state index contributed by atoms with van der Waals surface area (Å²) in [4.78, 5) is 15.3. The third-order valence-electron chi connectivity index (χ3n) is 12.8. The Kier molecular flexibility index (Phi) is 10.2. The maximum Gasteiger partial charge on any atom is 0.164 e. The fourth-order valence-electron chi connectivity index (χ4n) is 9.85. The van der Waals surface area contributed by atoms with Crippen molar-refractivity contribution >= 4 is 33.0 Å². The maximum atomic E-state index is 5.16. The first kappa shape index (κ1) is 39.7. The topological polar surface area (TPSA) is 43.6 Å². The van der Waals surface area contributed by atoms with Gasteiger partial charge in [0.25, 0.3) is 0 Å². The summed E-state index contributed by atoms with van der Waals surface area (Å²) in [6.45, 7) is 0.